The number of carbonyl (C=O) groups is 1. The molecule has 1 aliphatic carbocycles. The van der Waals surface area contributed by atoms with Crippen LogP contribution in [0.5, 0.6) is 5.75 Å². The van der Waals surface area contributed by atoms with Crippen molar-refractivity contribution in [1.29, 1.82) is 0 Å². The van der Waals surface area contributed by atoms with Crippen LogP contribution >= 0.6 is 0 Å². The molecule has 1 aromatic carbocycles. The van der Waals surface area contributed by atoms with E-state index in [0.717, 1.165) is 38.0 Å². The first-order valence-electron chi connectivity index (χ1n) is 8.59. The van der Waals surface area contributed by atoms with E-state index >= 15 is 0 Å². The highest BCUT2D eigenvalue weighted by Gasteiger charge is 2.37. The summed E-state index contributed by atoms with van der Waals surface area (Å²) in [5, 5.41) is 0. The predicted molar refractivity (Wildman–Crippen MR) is 88.2 cm³/mol. The molecule has 0 radical (unpaired) electrons. The second-order valence-corrected chi connectivity index (χ2v) is 6.96. The fourth-order valence-corrected chi connectivity index (χ4v) is 4.12. The van der Waals surface area contributed by atoms with Crippen LogP contribution in [0.2, 0.25) is 0 Å². The molecule has 1 saturated heterocycles. The van der Waals surface area contributed by atoms with Gasteiger partial charge in [0.2, 0.25) is 5.91 Å². The van der Waals surface area contributed by atoms with E-state index in [2.05, 4.69) is 23.1 Å². The minimum absolute atomic E-state index is 0.0896. The van der Waals surface area contributed by atoms with Crippen LogP contribution in [0, 0.1) is 5.92 Å². The second-order valence-electron chi connectivity index (χ2n) is 6.96. The fraction of sp³-hybridized carbons (Fsp3) is 0.632. The highest BCUT2D eigenvalue weighted by Crippen LogP contribution is 2.42. The van der Waals surface area contributed by atoms with Crippen LogP contribution < -0.4 is 4.74 Å². The van der Waals surface area contributed by atoms with Crippen molar-refractivity contribution in [1.82, 2.24) is 4.90 Å². The number of hydrogen-bond donors (Lipinski definition) is 0. The minimum Gasteiger partial charge on any atom is -0.497 e. The molecule has 3 nitrogen and oxygen atoms in total. The topological polar surface area (TPSA) is 29.5 Å². The summed E-state index contributed by atoms with van der Waals surface area (Å²) >= 11 is 0. The van der Waals surface area contributed by atoms with Crippen molar-refractivity contribution in [3.8, 4) is 5.75 Å². The Bertz CT molecular complexity index is 552. The van der Waals surface area contributed by atoms with Gasteiger partial charge < -0.3 is 9.64 Å². The maximum Gasteiger partial charge on any atom is 0.225 e. The van der Waals surface area contributed by atoms with E-state index in [9.17, 15) is 4.79 Å². The maximum atomic E-state index is 12.6. The van der Waals surface area contributed by atoms with Gasteiger partial charge in [0.25, 0.3) is 0 Å². The van der Waals surface area contributed by atoms with E-state index in [-0.39, 0.29) is 5.92 Å². The van der Waals surface area contributed by atoms with Crippen LogP contribution in [0.3, 0.4) is 0 Å². The Balaban J connectivity index is 1.89. The average Bonchev–Trinajstić information content (AvgIpc) is 2.96. The highest BCUT2D eigenvalue weighted by molar-refractivity contribution is 5.78. The Labute approximate surface area is 133 Å². The van der Waals surface area contributed by atoms with Crippen molar-refractivity contribution in [3.63, 3.8) is 0 Å². The molecule has 0 N–H and O–H groups in total. The van der Waals surface area contributed by atoms with Gasteiger partial charge in [-0.25, -0.2) is 0 Å². The molecule has 2 unspecified atom stereocenters. The number of nitrogens with zero attached hydrogens (tertiary/aromatic N) is 1. The first-order chi connectivity index (χ1) is 10.6. The molecule has 120 valence electrons. The van der Waals surface area contributed by atoms with Crippen LogP contribution in [0.4, 0.5) is 0 Å². The molecule has 0 saturated carbocycles. The number of amides is 1. The zero-order valence-corrected chi connectivity index (χ0v) is 14.0. The second kappa shape index (κ2) is 6.31. The van der Waals surface area contributed by atoms with Crippen molar-refractivity contribution in [2.24, 2.45) is 5.92 Å². The van der Waals surface area contributed by atoms with E-state index in [0.29, 0.717) is 17.9 Å². The summed E-state index contributed by atoms with van der Waals surface area (Å²) in [6.07, 6.45) is 5.81. The van der Waals surface area contributed by atoms with Crippen LogP contribution in [-0.4, -0.2) is 30.5 Å². The maximum absolute atomic E-state index is 12.6. The quantitative estimate of drug-likeness (QED) is 0.850. The molecule has 1 aliphatic heterocycles. The van der Waals surface area contributed by atoms with E-state index in [1.165, 1.54) is 17.5 Å². The van der Waals surface area contributed by atoms with Crippen molar-refractivity contribution < 1.29 is 9.53 Å². The predicted octanol–water partition coefficient (Wildman–Crippen LogP) is 3.76. The number of ether oxygens (including phenoxy) is 1. The number of hydrogen-bond acceptors (Lipinski definition) is 2. The Kier molecular flexibility index (Phi) is 4.42. The zero-order valence-electron chi connectivity index (χ0n) is 14.0. The largest absolute Gasteiger partial charge is 0.497 e. The molecule has 0 spiro atoms. The fourth-order valence-electron chi connectivity index (χ4n) is 4.12. The lowest BCUT2D eigenvalue weighted by Crippen LogP contribution is -2.48. The summed E-state index contributed by atoms with van der Waals surface area (Å²) in [5.41, 5.74) is 2.85. The Morgan fingerprint density at radius 1 is 1.27 bits per heavy atom. The van der Waals surface area contributed by atoms with E-state index in [4.69, 9.17) is 4.74 Å². The third-order valence-corrected chi connectivity index (χ3v) is 5.27. The molecule has 22 heavy (non-hydrogen) atoms. The number of carbonyl (C=O) groups excluding carboxylic acids is 1. The summed E-state index contributed by atoms with van der Waals surface area (Å²) in [4.78, 5) is 14.8. The number of benzene rings is 1. The average molecular weight is 301 g/mol. The Hall–Kier alpha value is -1.51. The van der Waals surface area contributed by atoms with Gasteiger partial charge in [0, 0.05) is 24.4 Å². The molecule has 0 bridgehead atoms. The Morgan fingerprint density at radius 3 is 2.82 bits per heavy atom. The van der Waals surface area contributed by atoms with Gasteiger partial charge in [-0.05, 0) is 55.4 Å². The summed E-state index contributed by atoms with van der Waals surface area (Å²) in [6, 6.07) is 6.82. The number of piperidine rings is 1. The van der Waals surface area contributed by atoms with Crippen molar-refractivity contribution in [3.05, 3.63) is 29.3 Å². The number of methoxy groups -OCH3 is 1. The molecule has 3 heteroatoms. The van der Waals surface area contributed by atoms with Crippen molar-refractivity contribution in [2.75, 3.05) is 13.7 Å². The van der Waals surface area contributed by atoms with Gasteiger partial charge in [-0.1, -0.05) is 19.9 Å². The van der Waals surface area contributed by atoms with Gasteiger partial charge in [-0.2, -0.15) is 0 Å². The van der Waals surface area contributed by atoms with Crippen molar-refractivity contribution in [2.45, 2.75) is 57.9 Å². The molecule has 2 atom stereocenters. The molecular formula is C19H27NO2. The first-order valence-corrected chi connectivity index (χ1v) is 8.59. The van der Waals surface area contributed by atoms with Gasteiger partial charge in [-0.3, -0.25) is 4.79 Å². The molecule has 1 amide bonds. The lowest BCUT2D eigenvalue weighted by Gasteiger charge is -2.40. The summed E-state index contributed by atoms with van der Waals surface area (Å²) in [7, 11) is 1.72. The first kappa shape index (κ1) is 15.4. The smallest absolute Gasteiger partial charge is 0.225 e. The van der Waals surface area contributed by atoms with E-state index < -0.39 is 0 Å². The molecule has 1 heterocycles. The summed E-state index contributed by atoms with van der Waals surface area (Å²) in [6.45, 7) is 4.96. The summed E-state index contributed by atoms with van der Waals surface area (Å²) < 4.78 is 5.41. The minimum atomic E-state index is 0.0896. The van der Waals surface area contributed by atoms with E-state index in [1.807, 2.05) is 13.8 Å². The number of rotatable bonds is 3. The van der Waals surface area contributed by atoms with Crippen LogP contribution in [-0.2, 0) is 11.2 Å². The number of aryl methyl sites for hydroxylation is 1. The molecule has 3 rings (SSSR count). The lowest BCUT2D eigenvalue weighted by atomic mass is 9.85. The van der Waals surface area contributed by atoms with Crippen LogP contribution in [0.15, 0.2) is 18.2 Å². The number of fused-ring (bicyclic) bond motifs is 1. The van der Waals surface area contributed by atoms with Gasteiger partial charge in [0.05, 0.1) is 7.11 Å². The van der Waals surface area contributed by atoms with Crippen molar-refractivity contribution >= 4 is 5.91 Å². The summed E-state index contributed by atoms with van der Waals surface area (Å²) in [5.74, 6) is 1.82. The van der Waals surface area contributed by atoms with Gasteiger partial charge in [0.15, 0.2) is 0 Å². The molecule has 0 aromatic heterocycles. The van der Waals surface area contributed by atoms with Crippen LogP contribution in [0.1, 0.15) is 56.6 Å². The van der Waals surface area contributed by atoms with E-state index in [1.54, 1.807) is 7.11 Å². The van der Waals surface area contributed by atoms with Gasteiger partial charge in [-0.15, -0.1) is 0 Å². The molecule has 2 aliphatic rings. The van der Waals surface area contributed by atoms with Gasteiger partial charge >= 0.3 is 0 Å². The standard InChI is InChI=1S/C19H27NO2/c1-13(2)19(21)20-11-5-4-6-18(20)16-10-8-14-7-9-15(22-3)12-17(14)16/h7,9,12-13,16,18H,4-6,8,10-11H2,1-3H3. The monoisotopic (exact) mass is 301 g/mol. The zero-order chi connectivity index (χ0) is 15.7. The third-order valence-electron chi connectivity index (χ3n) is 5.27. The molecule has 1 aromatic rings. The Morgan fingerprint density at radius 2 is 2.09 bits per heavy atom. The molecular weight excluding hydrogens is 274 g/mol. The van der Waals surface area contributed by atoms with Gasteiger partial charge in [0.1, 0.15) is 5.75 Å². The SMILES string of the molecule is COc1ccc2c(c1)C(C1CCCCN1C(=O)C(C)C)CC2. The molecule has 1 fully saturated rings. The lowest BCUT2D eigenvalue weighted by molar-refractivity contribution is -0.138. The number of likely N-dealkylation sites (tertiary alicyclic amines) is 1. The normalized spacial score (nSPS) is 24.5. The third kappa shape index (κ3) is 2.73. The van der Waals surface area contributed by atoms with Crippen LogP contribution in [0.25, 0.3) is 0 Å². The highest BCUT2D eigenvalue weighted by atomic mass is 16.5.